The van der Waals surface area contributed by atoms with Crippen LogP contribution in [0.4, 0.5) is 4.39 Å². The molecule has 1 fully saturated rings. The molecule has 15 heavy (non-hydrogen) atoms. The Bertz CT molecular complexity index is 337. The molecule has 0 radical (unpaired) electrons. The van der Waals surface area contributed by atoms with Crippen LogP contribution in [0.3, 0.4) is 0 Å². The molecule has 0 N–H and O–H groups in total. The summed E-state index contributed by atoms with van der Waals surface area (Å²) in [5.74, 6) is 2.44. The topological polar surface area (TPSA) is 9.23 Å². The summed E-state index contributed by atoms with van der Waals surface area (Å²) >= 11 is 3.74. The Labute approximate surface area is 97.8 Å². The quantitative estimate of drug-likeness (QED) is 0.785. The molecule has 1 aromatic carbocycles. The van der Waals surface area contributed by atoms with Crippen molar-refractivity contribution in [1.82, 2.24) is 0 Å². The Balaban J connectivity index is 2.29. The van der Waals surface area contributed by atoms with Gasteiger partial charge in [-0.3, -0.25) is 0 Å². The van der Waals surface area contributed by atoms with E-state index in [9.17, 15) is 4.39 Å². The average molecular weight is 244 g/mol. The first-order valence-electron chi connectivity index (χ1n) is 4.88. The van der Waals surface area contributed by atoms with Crippen LogP contribution in [0.2, 0.25) is 0 Å². The average Bonchev–Trinajstić information content (AvgIpc) is 2.30. The van der Waals surface area contributed by atoms with Gasteiger partial charge in [0, 0.05) is 5.56 Å². The summed E-state index contributed by atoms with van der Waals surface area (Å²) < 4.78 is 18.9. The summed E-state index contributed by atoms with van der Waals surface area (Å²) in [5.41, 5.74) is 0.979. The van der Waals surface area contributed by atoms with Crippen LogP contribution in [0, 0.1) is 5.82 Å². The molecule has 0 aromatic heterocycles. The number of hydrogen-bond acceptors (Lipinski definition) is 3. The van der Waals surface area contributed by atoms with Gasteiger partial charge in [0.25, 0.3) is 0 Å². The molecule has 1 heterocycles. The lowest BCUT2D eigenvalue weighted by atomic mass is 10.2. The van der Waals surface area contributed by atoms with Crippen LogP contribution in [0.15, 0.2) is 18.2 Å². The standard InChI is InChI=1S/C11H13FOS2/c1-13-10-8(4-2-5-9(10)12)11-14-6-3-7-15-11/h2,4-5,11H,3,6-7H2,1H3. The first-order chi connectivity index (χ1) is 7.33. The maximum absolute atomic E-state index is 13.5. The summed E-state index contributed by atoms with van der Waals surface area (Å²) in [5, 5.41) is 0. The minimum atomic E-state index is -0.262. The first-order valence-corrected chi connectivity index (χ1v) is 6.98. The molecule has 0 amide bonds. The largest absolute Gasteiger partial charge is 0.493 e. The molecule has 0 unspecified atom stereocenters. The molecule has 0 bridgehead atoms. The third-order valence-corrected chi connectivity index (χ3v) is 5.26. The maximum atomic E-state index is 13.5. The molecule has 1 aromatic rings. The van der Waals surface area contributed by atoms with Crippen LogP contribution < -0.4 is 4.74 Å². The predicted molar refractivity (Wildman–Crippen MR) is 65.2 cm³/mol. The smallest absolute Gasteiger partial charge is 0.165 e. The third-order valence-electron chi connectivity index (χ3n) is 2.28. The van der Waals surface area contributed by atoms with E-state index in [0.717, 1.165) is 17.1 Å². The van der Waals surface area contributed by atoms with Crippen molar-refractivity contribution >= 4 is 23.5 Å². The van der Waals surface area contributed by atoms with Gasteiger partial charge in [-0.2, -0.15) is 0 Å². The van der Waals surface area contributed by atoms with Crippen molar-refractivity contribution in [3.05, 3.63) is 29.6 Å². The predicted octanol–water partition coefficient (Wildman–Crippen LogP) is 3.70. The third kappa shape index (κ3) is 2.42. The zero-order valence-corrected chi connectivity index (χ0v) is 10.2. The van der Waals surface area contributed by atoms with E-state index >= 15 is 0 Å². The van der Waals surface area contributed by atoms with Gasteiger partial charge < -0.3 is 4.74 Å². The normalized spacial score (nSPS) is 17.7. The SMILES string of the molecule is COc1c(F)cccc1C1SCCCS1. The van der Waals surface area contributed by atoms with Gasteiger partial charge >= 0.3 is 0 Å². The summed E-state index contributed by atoms with van der Waals surface area (Å²) in [6, 6.07) is 5.15. The molecular formula is C11H13FOS2. The minimum absolute atomic E-state index is 0.262. The van der Waals surface area contributed by atoms with E-state index < -0.39 is 0 Å². The summed E-state index contributed by atoms with van der Waals surface area (Å²) in [6.45, 7) is 0. The summed E-state index contributed by atoms with van der Waals surface area (Å²) in [4.78, 5) is 0. The van der Waals surface area contributed by atoms with Crippen molar-refractivity contribution in [2.24, 2.45) is 0 Å². The van der Waals surface area contributed by atoms with Crippen LogP contribution in [-0.4, -0.2) is 18.6 Å². The van der Waals surface area contributed by atoms with E-state index in [1.165, 1.54) is 19.6 Å². The molecule has 4 heteroatoms. The highest BCUT2D eigenvalue weighted by molar-refractivity contribution is 8.16. The monoisotopic (exact) mass is 244 g/mol. The summed E-state index contributed by atoms with van der Waals surface area (Å²) in [7, 11) is 1.53. The number of hydrogen-bond donors (Lipinski definition) is 0. The lowest BCUT2D eigenvalue weighted by Gasteiger charge is -2.22. The second-order valence-electron chi connectivity index (χ2n) is 3.29. The number of ether oxygens (including phenoxy) is 1. The Hall–Kier alpha value is -0.350. The molecule has 82 valence electrons. The molecule has 1 saturated heterocycles. The fraction of sp³-hybridized carbons (Fsp3) is 0.455. The second-order valence-corrected chi connectivity index (χ2v) is 6.01. The molecule has 0 spiro atoms. The van der Waals surface area contributed by atoms with E-state index in [4.69, 9.17) is 4.74 Å². The number of rotatable bonds is 2. The van der Waals surface area contributed by atoms with Crippen LogP contribution >= 0.6 is 23.5 Å². The molecule has 0 atom stereocenters. The lowest BCUT2D eigenvalue weighted by Crippen LogP contribution is -2.03. The zero-order chi connectivity index (χ0) is 10.7. The van der Waals surface area contributed by atoms with E-state index in [2.05, 4.69) is 0 Å². The number of halogens is 1. The fourth-order valence-corrected chi connectivity index (χ4v) is 4.52. The Morgan fingerprint density at radius 1 is 1.33 bits per heavy atom. The maximum Gasteiger partial charge on any atom is 0.165 e. The number of methoxy groups -OCH3 is 1. The molecule has 1 aliphatic rings. The van der Waals surface area contributed by atoms with Gasteiger partial charge in [-0.1, -0.05) is 12.1 Å². The van der Waals surface area contributed by atoms with Gasteiger partial charge in [0.2, 0.25) is 0 Å². The molecule has 1 nitrogen and oxygen atoms in total. The van der Waals surface area contributed by atoms with Crippen LogP contribution in [0.25, 0.3) is 0 Å². The van der Waals surface area contributed by atoms with E-state index in [1.54, 1.807) is 6.07 Å². The van der Waals surface area contributed by atoms with Crippen molar-refractivity contribution in [3.63, 3.8) is 0 Å². The Morgan fingerprint density at radius 3 is 2.73 bits per heavy atom. The summed E-state index contributed by atoms with van der Waals surface area (Å²) in [6.07, 6.45) is 1.24. The highest BCUT2D eigenvalue weighted by Gasteiger charge is 2.21. The second kappa shape index (κ2) is 5.12. The molecule has 2 rings (SSSR count). The molecule has 1 aliphatic heterocycles. The van der Waals surface area contributed by atoms with Gasteiger partial charge in [-0.05, 0) is 24.0 Å². The minimum Gasteiger partial charge on any atom is -0.493 e. The molecule has 0 aliphatic carbocycles. The Morgan fingerprint density at radius 2 is 2.07 bits per heavy atom. The highest BCUT2D eigenvalue weighted by atomic mass is 32.2. The van der Waals surface area contributed by atoms with Gasteiger partial charge in [0.15, 0.2) is 11.6 Å². The van der Waals surface area contributed by atoms with E-state index in [-0.39, 0.29) is 5.82 Å². The van der Waals surface area contributed by atoms with Gasteiger partial charge in [-0.15, -0.1) is 23.5 Å². The van der Waals surface area contributed by atoms with Crippen molar-refractivity contribution in [3.8, 4) is 5.75 Å². The lowest BCUT2D eigenvalue weighted by molar-refractivity contribution is 0.383. The van der Waals surface area contributed by atoms with Crippen molar-refractivity contribution in [2.45, 2.75) is 11.0 Å². The zero-order valence-electron chi connectivity index (χ0n) is 8.53. The first kappa shape index (κ1) is 11.1. The van der Waals surface area contributed by atoms with E-state index in [0.29, 0.717) is 10.3 Å². The van der Waals surface area contributed by atoms with Crippen LogP contribution in [-0.2, 0) is 0 Å². The van der Waals surface area contributed by atoms with Crippen LogP contribution in [0.5, 0.6) is 5.75 Å². The number of benzene rings is 1. The highest BCUT2D eigenvalue weighted by Crippen LogP contribution is 2.47. The van der Waals surface area contributed by atoms with Gasteiger partial charge in [-0.25, -0.2) is 4.39 Å². The van der Waals surface area contributed by atoms with Crippen molar-refractivity contribution in [2.75, 3.05) is 18.6 Å². The number of thioether (sulfide) groups is 2. The Kier molecular flexibility index (Phi) is 3.81. The van der Waals surface area contributed by atoms with Crippen molar-refractivity contribution < 1.29 is 9.13 Å². The molecular weight excluding hydrogens is 231 g/mol. The van der Waals surface area contributed by atoms with E-state index in [1.807, 2.05) is 29.6 Å². The fourth-order valence-electron chi connectivity index (χ4n) is 1.59. The van der Waals surface area contributed by atoms with Crippen molar-refractivity contribution in [1.29, 1.82) is 0 Å². The molecule has 0 saturated carbocycles. The van der Waals surface area contributed by atoms with Gasteiger partial charge in [0.05, 0.1) is 11.7 Å². The number of para-hydroxylation sites is 1. The van der Waals surface area contributed by atoms with Gasteiger partial charge in [0.1, 0.15) is 0 Å². The van der Waals surface area contributed by atoms with Crippen LogP contribution in [0.1, 0.15) is 16.6 Å².